The highest BCUT2D eigenvalue weighted by Crippen LogP contribution is 2.31. The van der Waals surface area contributed by atoms with E-state index < -0.39 is 6.23 Å². The second kappa shape index (κ2) is 7.17. The van der Waals surface area contributed by atoms with E-state index in [1.165, 1.54) is 11.6 Å². The van der Waals surface area contributed by atoms with E-state index in [1.807, 2.05) is 30.5 Å². The summed E-state index contributed by atoms with van der Waals surface area (Å²) in [5.41, 5.74) is 8.27. The smallest absolute Gasteiger partial charge is 0.156 e. The number of aromatic nitrogens is 4. The van der Waals surface area contributed by atoms with Gasteiger partial charge in [-0.3, -0.25) is 0 Å². The van der Waals surface area contributed by atoms with Crippen molar-refractivity contribution in [3.05, 3.63) is 79.1 Å². The molecule has 6 heteroatoms. The summed E-state index contributed by atoms with van der Waals surface area (Å²) in [5, 5.41) is 13.9. The molecule has 148 valence electrons. The van der Waals surface area contributed by atoms with E-state index in [0.717, 1.165) is 50.3 Å². The fourth-order valence-electron chi connectivity index (χ4n) is 3.62. The highest BCUT2D eigenvalue weighted by Gasteiger charge is 2.13. The zero-order valence-electron chi connectivity index (χ0n) is 16.5. The van der Waals surface area contributed by atoms with Crippen molar-refractivity contribution < 1.29 is 5.11 Å². The average molecular weight is 395 g/mol. The minimum absolute atomic E-state index is 0.736. The van der Waals surface area contributed by atoms with E-state index in [-0.39, 0.29) is 0 Å². The van der Waals surface area contributed by atoms with Gasteiger partial charge in [-0.15, -0.1) is 0 Å². The van der Waals surface area contributed by atoms with Crippen molar-refractivity contribution in [1.29, 1.82) is 0 Å². The third kappa shape index (κ3) is 3.23. The number of aliphatic hydroxyl groups is 1. The third-order valence-electron chi connectivity index (χ3n) is 5.15. The van der Waals surface area contributed by atoms with Gasteiger partial charge in [0.2, 0.25) is 0 Å². The van der Waals surface area contributed by atoms with Crippen LogP contribution in [0, 0.1) is 6.92 Å². The van der Waals surface area contributed by atoms with Gasteiger partial charge in [0.25, 0.3) is 0 Å². The zero-order valence-corrected chi connectivity index (χ0v) is 16.5. The topological polar surface area (TPSA) is 89.6 Å². The fourth-order valence-corrected chi connectivity index (χ4v) is 3.62. The van der Waals surface area contributed by atoms with Gasteiger partial charge in [-0.05, 0) is 42.8 Å². The molecule has 6 nitrogen and oxygen atoms in total. The van der Waals surface area contributed by atoms with Gasteiger partial charge >= 0.3 is 0 Å². The molecule has 1 atom stereocenters. The van der Waals surface area contributed by atoms with Crippen molar-refractivity contribution in [3.63, 3.8) is 0 Å². The molecule has 3 aromatic heterocycles. The minimum atomic E-state index is -0.810. The molecule has 1 unspecified atom stereocenters. The first-order chi connectivity index (χ1) is 14.6. The van der Waals surface area contributed by atoms with Crippen LogP contribution in [0.25, 0.3) is 44.6 Å². The van der Waals surface area contributed by atoms with E-state index in [1.54, 1.807) is 6.20 Å². The lowest BCUT2D eigenvalue weighted by Crippen LogP contribution is -2.14. The Kier molecular flexibility index (Phi) is 4.34. The van der Waals surface area contributed by atoms with Crippen molar-refractivity contribution in [2.75, 3.05) is 5.32 Å². The van der Waals surface area contributed by atoms with Crippen LogP contribution in [-0.2, 0) is 0 Å². The standard InChI is InChI=1S/C24H21N5O/c1-3-22(30)27-17-6-4-5-15(10-17)21-13-26-24-23(29-21)18(12-25-24)20-11-16-8-7-14(2)9-19(16)28-20/h3-13,22,27-28,30H,1H2,2H3,(H,25,26). The molecule has 0 spiro atoms. The normalized spacial score (nSPS) is 12.3. The lowest BCUT2D eigenvalue weighted by atomic mass is 10.1. The summed E-state index contributed by atoms with van der Waals surface area (Å²) in [7, 11) is 0. The number of H-pyrrole nitrogens is 2. The zero-order chi connectivity index (χ0) is 20.7. The predicted molar refractivity (Wildman–Crippen MR) is 121 cm³/mol. The van der Waals surface area contributed by atoms with Crippen molar-refractivity contribution in [3.8, 4) is 22.5 Å². The van der Waals surface area contributed by atoms with Gasteiger partial charge in [-0.25, -0.2) is 9.97 Å². The molecule has 0 saturated carbocycles. The Hall–Kier alpha value is -3.90. The minimum Gasteiger partial charge on any atom is -0.370 e. The number of nitrogens with zero attached hydrogens (tertiary/aromatic N) is 2. The number of aliphatic hydroxyl groups excluding tert-OH is 1. The van der Waals surface area contributed by atoms with Crippen LogP contribution in [0.5, 0.6) is 0 Å². The molecule has 2 aromatic carbocycles. The summed E-state index contributed by atoms with van der Waals surface area (Å²) in [6.45, 7) is 5.67. The maximum Gasteiger partial charge on any atom is 0.156 e. The number of rotatable bonds is 5. The quantitative estimate of drug-likeness (QED) is 0.249. The molecule has 0 radical (unpaired) electrons. The summed E-state index contributed by atoms with van der Waals surface area (Å²) in [4.78, 5) is 16.2. The van der Waals surface area contributed by atoms with Gasteiger partial charge < -0.3 is 20.4 Å². The molecular weight excluding hydrogens is 374 g/mol. The van der Waals surface area contributed by atoms with Gasteiger partial charge in [0, 0.05) is 33.9 Å². The van der Waals surface area contributed by atoms with Crippen LogP contribution in [0.1, 0.15) is 5.56 Å². The largest absolute Gasteiger partial charge is 0.370 e. The number of nitrogens with one attached hydrogen (secondary N) is 3. The maximum atomic E-state index is 9.76. The molecule has 0 bridgehead atoms. The highest BCUT2D eigenvalue weighted by atomic mass is 16.3. The second-order valence-corrected chi connectivity index (χ2v) is 7.33. The van der Waals surface area contributed by atoms with Crippen LogP contribution in [-0.4, -0.2) is 31.3 Å². The van der Waals surface area contributed by atoms with Gasteiger partial charge in [-0.1, -0.05) is 30.8 Å². The SMILES string of the molecule is C=CC(O)Nc1cccc(-c2cnc3[nH]cc(-c4cc5ccc(C)cc5[nH]4)c3n2)c1. The molecule has 0 amide bonds. The maximum absolute atomic E-state index is 9.76. The monoisotopic (exact) mass is 395 g/mol. The van der Waals surface area contributed by atoms with Crippen LogP contribution < -0.4 is 5.32 Å². The van der Waals surface area contributed by atoms with Crippen LogP contribution in [0.15, 0.2) is 73.6 Å². The average Bonchev–Trinajstić information content (AvgIpc) is 3.36. The first-order valence-corrected chi connectivity index (χ1v) is 9.72. The molecule has 3 heterocycles. The number of fused-ring (bicyclic) bond motifs is 2. The first-order valence-electron chi connectivity index (χ1n) is 9.72. The van der Waals surface area contributed by atoms with E-state index in [0.29, 0.717) is 0 Å². The predicted octanol–water partition coefficient (Wildman–Crippen LogP) is 5.00. The van der Waals surface area contributed by atoms with E-state index >= 15 is 0 Å². The van der Waals surface area contributed by atoms with Crippen LogP contribution in [0.3, 0.4) is 0 Å². The third-order valence-corrected chi connectivity index (χ3v) is 5.15. The fraction of sp³-hybridized carbons (Fsp3) is 0.0833. The van der Waals surface area contributed by atoms with Gasteiger partial charge in [0.05, 0.1) is 17.6 Å². The van der Waals surface area contributed by atoms with E-state index in [4.69, 9.17) is 4.98 Å². The molecule has 0 aliphatic rings. The molecule has 0 fully saturated rings. The number of aryl methyl sites for hydroxylation is 1. The van der Waals surface area contributed by atoms with Gasteiger partial charge in [0.1, 0.15) is 11.7 Å². The number of hydrogen-bond donors (Lipinski definition) is 4. The van der Waals surface area contributed by atoms with Crippen molar-refractivity contribution in [2.45, 2.75) is 13.2 Å². The lowest BCUT2D eigenvalue weighted by Gasteiger charge is -2.11. The Morgan fingerprint density at radius 2 is 2.07 bits per heavy atom. The molecule has 4 N–H and O–H groups in total. The van der Waals surface area contributed by atoms with Crippen molar-refractivity contribution in [2.24, 2.45) is 0 Å². The second-order valence-electron chi connectivity index (χ2n) is 7.33. The molecule has 0 aliphatic heterocycles. The van der Waals surface area contributed by atoms with Crippen molar-refractivity contribution >= 4 is 27.8 Å². The summed E-state index contributed by atoms with van der Waals surface area (Å²) >= 11 is 0. The van der Waals surface area contributed by atoms with Crippen LogP contribution in [0.2, 0.25) is 0 Å². The summed E-state index contributed by atoms with van der Waals surface area (Å²) < 4.78 is 0. The molecule has 0 aliphatic carbocycles. The van der Waals surface area contributed by atoms with Gasteiger partial charge in [0.15, 0.2) is 5.65 Å². The number of aromatic amines is 2. The molecule has 5 aromatic rings. The molecule has 5 rings (SSSR count). The van der Waals surface area contributed by atoms with E-state index in [2.05, 4.69) is 58.0 Å². The molecule has 30 heavy (non-hydrogen) atoms. The lowest BCUT2D eigenvalue weighted by molar-refractivity contribution is 0.253. The van der Waals surface area contributed by atoms with Crippen LogP contribution in [0.4, 0.5) is 5.69 Å². The summed E-state index contributed by atoms with van der Waals surface area (Å²) in [6, 6.07) is 16.2. The van der Waals surface area contributed by atoms with Crippen LogP contribution >= 0.6 is 0 Å². The highest BCUT2D eigenvalue weighted by molar-refractivity contribution is 5.95. The number of anilines is 1. The summed E-state index contributed by atoms with van der Waals surface area (Å²) in [5.74, 6) is 0. The Labute approximate surface area is 173 Å². The number of benzene rings is 2. The van der Waals surface area contributed by atoms with E-state index in [9.17, 15) is 5.11 Å². The number of hydrogen-bond acceptors (Lipinski definition) is 4. The van der Waals surface area contributed by atoms with Crippen molar-refractivity contribution in [1.82, 2.24) is 19.9 Å². The first kappa shape index (κ1) is 18.1. The Morgan fingerprint density at radius 1 is 1.17 bits per heavy atom. The molecular formula is C24H21N5O. The summed E-state index contributed by atoms with van der Waals surface area (Å²) in [6.07, 6.45) is 4.31. The molecule has 0 saturated heterocycles. The van der Waals surface area contributed by atoms with Gasteiger partial charge in [-0.2, -0.15) is 0 Å². The Balaban J connectivity index is 1.58. The Bertz CT molecular complexity index is 1380. The Morgan fingerprint density at radius 3 is 2.93 bits per heavy atom.